The van der Waals surface area contributed by atoms with E-state index in [1.165, 1.54) is 4.90 Å². The van der Waals surface area contributed by atoms with Crippen LogP contribution in [0, 0.1) is 6.92 Å². The van der Waals surface area contributed by atoms with Gasteiger partial charge in [0, 0.05) is 31.7 Å². The first-order valence-corrected chi connectivity index (χ1v) is 9.92. The Balaban J connectivity index is 1.96. The van der Waals surface area contributed by atoms with E-state index in [1.807, 2.05) is 50.2 Å². The van der Waals surface area contributed by atoms with E-state index in [-0.39, 0.29) is 11.8 Å². The van der Waals surface area contributed by atoms with Gasteiger partial charge in [0.25, 0.3) is 0 Å². The Morgan fingerprint density at radius 3 is 2.06 bits per heavy atom. The quantitative estimate of drug-likeness (QED) is 0.451. The highest BCUT2D eigenvalue weighted by Gasteiger charge is 2.37. The number of benzene rings is 2. The highest BCUT2D eigenvalue weighted by Crippen LogP contribution is 2.38. The summed E-state index contributed by atoms with van der Waals surface area (Å²) in [7, 11) is 3.27. The van der Waals surface area contributed by atoms with Gasteiger partial charge in [0.2, 0.25) is 5.95 Å². The van der Waals surface area contributed by atoms with Gasteiger partial charge >= 0.3 is 6.18 Å². The van der Waals surface area contributed by atoms with Gasteiger partial charge in [0.15, 0.2) is 5.82 Å². The molecule has 2 aromatic carbocycles. The number of aryl methyl sites for hydroxylation is 1. The van der Waals surface area contributed by atoms with Crippen LogP contribution in [0.5, 0.6) is 5.75 Å². The maximum absolute atomic E-state index is 13.7. The molecule has 0 amide bonds. The predicted octanol–water partition coefficient (Wildman–Crippen LogP) is 6.13. The molecule has 1 aromatic heterocycles. The van der Waals surface area contributed by atoms with Crippen molar-refractivity contribution >= 4 is 23.1 Å². The summed E-state index contributed by atoms with van der Waals surface area (Å²) < 4.78 is 46.5. The molecular weight excluding hydrogens is 405 g/mol. The number of anilines is 4. The summed E-state index contributed by atoms with van der Waals surface area (Å²) in [4.78, 5) is 11.3. The van der Waals surface area contributed by atoms with Crippen LogP contribution in [0.2, 0.25) is 0 Å². The number of nitrogens with zero attached hydrogens (tertiary/aromatic N) is 4. The number of rotatable bonds is 7. The number of aromatic nitrogens is 2. The standard InChI is InChI=1S/C23H25F3N4O/c1-5-14-31-19-12-10-18(11-13-19)30(4)22-27-15-20(23(24,25)26)21(28-22)29(3)17-8-6-16(2)7-9-17/h6-13,15H,5,14H2,1-4H3. The van der Waals surface area contributed by atoms with Gasteiger partial charge in [-0.25, -0.2) is 4.98 Å². The zero-order valence-corrected chi connectivity index (χ0v) is 17.9. The Labute approximate surface area is 180 Å². The molecule has 0 bridgehead atoms. The topological polar surface area (TPSA) is 41.5 Å². The van der Waals surface area contributed by atoms with Gasteiger partial charge in [0.1, 0.15) is 11.3 Å². The van der Waals surface area contributed by atoms with Crippen molar-refractivity contribution in [2.75, 3.05) is 30.5 Å². The van der Waals surface area contributed by atoms with Crippen LogP contribution >= 0.6 is 0 Å². The molecule has 0 unspecified atom stereocenters. The molecule has 3 aromatic rings. The molecule has 31 heavy (non-hydrogen) atoms. The number of halogens is 3. The van der Waals surface area contributed by atoms with Gasteiger partial charge in [-0.3, -0.25) is 0 Å². The minimum absolute atomic E-state index is 0.157. The summed E-state index contributed by atoms with van der Waals surface area (Å²) in [5.41, 5.74) is 1.45. The molecule has 0 aliphatic carbocycles. The molecule has 0 saturated heterocycles. The molecule has 0 atom stereocenters. The van der Waals surface area contributed by atoms with Gasteiger partial charge in [-0.05, 0) is 49.7 Å². The van der Waals surface area contributed by atoms with Crippen molar-refractivity contribution in [1.82, 2.24) is 9.97 Å². The third kappa shape index (κ3) is 5.25. The van der Waals surface area contributed by atoms with Crippen LogP contribution in [-0.4, -0.2) is 30.7 Å². The third-order valence-corrected chi connectivity index (χ3v) is 4.80. The van der Waals surface area contributed by atoms with Crippen LogP contribution < -0.4 is 14.5 Å². The van der Waals surface area contributed by atoms with Crippen molar-refractivity contribution in [1.29, 1.82) is 0 Å². The van der Waals surface area contributed by atoms with E-state index in [0.717, 1.165) is 29.6 Å². The van der Waals surface area contributed by atoms with Gasteiger partial charge in [0.05, 0.1) is 6.61 Å². The second kappa shape index (κ2) is 9.24. The van der Waals surface area contributed by atoms with E-state index in [4.69, 9.17) is 4.74 Å². The fraction of sp³-hybridized carbons (Fsp3) is 0.304. The van der Waals surface area contributed by atoms with Gasteiger partial charge in [-0.15, -0.1) is 0 Å². The maximum Gasteiger partial charge on any atom is 0.421 e. The molecular formula is C23H25F3N4O. The summed E-state index contributed by atoms with van der Waals surface area (Å²) in [6.45, 7) is 4.56. The van der Waals surface area contributed by atoms with E-state index < -0.39 is 11.7 Å². The van der Waals surface area contributed by atoms with Crippen LogP contribution in [0.15, 0.2) is 54.7 Å². The molecule has 8 heteroatoms. The van der Waals surface area contributed by atoms with Gasteiger partial charge in [-0.2, -0.15) is 18.2 Å². The highest BCUT2D eigenvalue weighted by molar-refractivity contribution is 5.66. The molecule has 3 rings (SSSR count). The summed E-state index contributed by atoms with van der Waals surface area (Å²) in [6.07, 6.45) is -2.85. The molecule has 0 aliphatic heterocycles. The van der Waals surface area contributed by atoms with E-state index >= 15 is 0 Å². The lowest BCUT2D eigenvalue weighted by Gasteiger charge is -2.25. The number of hydrogen-bond acceptors (Lipinski definition) is 5. The Bertz CT molecular complexity index is 1000. The fourth-order valence-electron chi connectivity index (χ4n) is 2.97. The Hall–Kier alpha value is -3.29. The maximum atomic E-state index is 13.7. The first-order chi connectivity index (χ1) is 14.7. The van der Waals surface area contributed by atoms with Crippen LogP contribution in [0.1, 0.15) is 24.5 Å². The fourth-order valence-corrected chi connectivity index (χ4v) is 2.97. The molecule has 0 fully saturated rings. The van der Waals surface area contributed by atoms with Crippen LogP contribution in [0.25, 0.3) is 0 Å². The van der Waals surface area contributed by atoms with Crippen LogP contribution in [0.3, 0.4) is 0 Å². The molecule has 0 N–H and O–H groups in total. The molecule has 0 radical (unpaired) electrons. The lowest BCUT2D eigenvalue weighted by atomic mass is 10.2. The van der Waals surface area contributed by atoms with E-state index in [9.17, 15) is 13.2 Å². The Kier molecular flexibility index (Phi) is 6.68. The molecule has 164 valence electrons. The lowest BCUT2D eigenvalue weighted by molar-refractivity contribution is -0.137. The zero-order chi connectivity index (χ0) is 22.6. The largest absolute Gasteiger partial charge is 0.494 e. The summed E-state index contributed by atoms with van der Waals surface area (Å²) in [5, 5.41) is 0. The summed E-state index contributed by atoms with van der Waals surface area (Å²) in [6, 6.07) is 14.5. The molecule has 0 spiro atoms. The first-order valence-electron chi connectivity index (χ1n) is 9.92. The van der Waals surface area contributed by atoms with Gasteiger partial charge in [-0.1, -0.05) is 24.6 Å². The van der Waals surface area contributed by atoms with Crippen molar-refractivity contribution in [2.24, 2.45) is 0 Å². The first kappa shape index (κ1) is 22.4. The Morgan fingerprint density at radius 2 is 1.48 bits per heavy atom. The van der Waals surface area contributed by atoms with E-state index in [2.05, 4.69) is 9.97 Å². The average molecular weight is 430 g/mol. The average Bonchev–Trinajstić information content (AvgIpc) is 2.76. The minimum Gasteiger partial charge on any atom is -0.494 e. The summed E-state index contributed by atoms with van der Waals surface area (Å²) >= 11 is 0. The Morgan fingerprint density at radius 1 is 0.903 bits per heavy atom. The minimum atomic E-state index is -4.58. The van der Waals surface area contributed by atoms with Crippen molar-refractivity contribution < 1.29 is 17.9 Å². The molecule has 1 heterocycles. The normalized spacial score (nSPS) is 11.3. The van der Waals surface area contributed by atoms with E-state index in [1.54, 1.807) is 31.1 Å². The number of hydrogen-bond donors (Lipinski definition) is 0. The third-order valence-electron chi connectivity index (χ3n) is 4.80. The second-order valence-corrected chi connectivity index (χ2v) is 7.20. The van der Waals surface area contributed by atoms with Crippen molar-refractivity contribution in [2.45, 2.75) is 26.4 Å². The summed E-state index contributed by atoms with van der Waals surface area (Å²) in [5.74, 6) is 0.674. The number of ether oxygens (including phenoxy) is 1. The zero-order valence-electron chi connectivity index (χ0n) is 17.9. The SMILES string of the molecule is CCCOc1ccc(N(C)c2ncc(C(F)(F)F)c(N(C)c3ccc(C)cc3)n2)cc1. The smallest absolute Gasteiger partial charge is 0.421 e. The molecule has 5 nitrogen and oxygen atoms in total. The highest BCUT2D eigenvalue weighted by atomic mass is 19.4. The van der Waals surface area contributed by atoms with Crippen LogP contribution in [0.4, 0.5) is 36.3 Å². The lowest BCUT2D eigenvalue weighted by Crippen LogP contribution is -2.21. The predicted molar refractivity (Wildman–Crippen MR) is 117 cm³/mol. The van der Waals surface area contributed by atoms with Gasteiger partial charge < -0.3 is 14.5 Å². The molecule has 0 aliphatic rings. The van der Waals surface area contributed by atoms with Crippen molar-refractivity contribution in [3.05, 3.63) is 65.9 Å². The van der Waals surface area contributed by atoms with E-state index in [0.29, 0.717) is 12.3 Å². The second-order valence-electron chi connectivity index (χ2n) is 7.20. The monoisotopic (exact) mass is 430 g/mol. The number of alkyl halides is 3. The van der Waals surface area contributed by atoms with Crippen molar-refractivity contribution in [3.63, 3.8) is 0 Å². The van der Waals surface area contributed by atoms with Crippen LogP contribution in [-0.2, 0) is 6.18 Å². The molecule has 0 saturated carbocycles. The van der Waals surface area contributed by atoms with Crippen molar-refractivity contribution in [3.8, 4) is 5.75 Å².